The summed E-state index contributed by atoms with van der Waals surface area (Å²) in [6.45, 7) is 6.55. The van der Waals surface area contributed by atoms with Gasteiger partial charge in [0.25, 0.3) is 0 Å². The average Bonchev–Trinajstić information content (AvgIpc) is 3.14. The number of amides is 2. The van der Waals surface area contributed by atoms with Gasteiger partial charge in [-0.1, -0.05) is 0 Å². The number of aryl methyl sites for hydroxylation is 3. The molecule has 0 saturated carbocycles. The van der Waals surface area contributed by atoms with Crippen molar-refractivity contribution in [1.29, 1.82) is 0 Å². The molecule has 1 spiro atoms. The summed E-state index contributed by atoms with van der Waals surface area (Å²) >= 11 is 0. The Hall–Kier alpha value is -2.37. The molecule has 0 bridgehead atoms. The molecule has 1 aromatic carbocycles. The van der Waals surface area contributed by atoms with Crippen molar-refractivity contribution < 1.29 is 9.59 Å². The topological polar surface area (TPSA) is 69.3 Å². The van der Waals surface area contributed by atoms with Gasteiger partial charge in [0.15, 0.2) is 0 Å². The van der Waals surface area contributed by atoms with E-state index >= 15 is 0 Å². The second-order valence-electron chi connectivity index (χ2n) is 8.44. The Balaban J connectivity index is 1.33. The first kappa shape index (κ1) is 18.0. The van der Waals surface area contributed by atoms with Gasteiger partial charge in [-0.2, -0.15) is 0 Å². The summed E-state index contributed by atoms with van der Waals surface area (Å²) < 4.78 is 0. The number of H-pyrrole nitrogens is 1. The Bertz CT molecular complexity index is 854. The number of carbonyl (C=O) groups is 2. The second kappa shape index (κ2) is 6.66. The van der Waals surface area contributed by atoms with Crippen LogP contribution in [0.25, 0.3) is 11.0 Å². The highest BCUT2D eigenvalue weighted by Gasteiger charge is 2.44. The minimum Gasteiger partial charge on any atom is -0.345 e. The molecule has 0 atom stereocenters. The lowest BCUT2D eigenvalue weighted by Crippen LogP contribution is -2.44. The first-order chi connectivity index (χ1) is 12.8. The first-order valence-electron chi connectivity index (χ1n) is 9.83. The van der Waals surface area contributed by atoms with E-state index in [0.717, 1.165) is 49.3 Å². The van der Waals surface area contributed by atoms with Gasteiger partial charge < -0.3 is 14.8 Å². The second-order valence-corrected chi connectivity index (χ2v) is 8.44. The molecule has 2 fully saturated rings. The molecule has 2 saturated heterocycles. The predicted octanol–water partition coefficient (Wildman–Crippen LogP) is 2.58. The van der Waals surface area contributed by atoms with Crippen molar-refractivity contribution in [2.24, 2.45) is 5.41 Å². The zero-order chi connectivity index (χ0) is 19.2. The number of nitrogens with zero attached hydrogens (tertiary/aromatic N) is 3. The SMILES string of the molecule is Cc1cc2nc(CCC(=O)N3CCC4(CC3)CC(=O)N(C)C4)[nH]c2cc1C. The zero-order valence-electron chi connectivity index (χ0n) is 16.5. The van der Waals surface area contributed by atoms with Crippen molar-refractivity contribution in [2.75, 3.05) is 26.7 Å². The van der Waals surface area contributed by atoms with Crippen molar-refractivity contribution in [2.45, 2.75) is 46.0 Å². The normalized spacial score (nSPS) is 19.4. The highest BCUT2D eigenvalue weighted by molar-refractivity contribution is 5.80. The van der Waals surface area contributed by atoms with E-state index < -0.39 is 0 Å². The Kier molecular flexibility index (Phi) is 4.44. The van der Waals surface area contributed by atoms with E-state index in [4.69, 9.17) is 0 Å². The van der Waals surface area contributed by atoms with E-state index in [-0.39, 0.29) is 17.2 Å². The molecule has 3 heterocycles. The molecule has 0 radical (unpaired) electrons. The van der Waals surface area contributed by atoms with Gasteiger partial charge >= 0.3 is 0 Å². The fourth-order valence-electron chi connectivity index (χ4n) is 4.49. The van der Waals surface area contributed by atoms with Crippen molar-refractivity contribution in [3.8, 4) is 0 Å². The van der Waals surface area contributed by atoms with Crippen LogP contribution >= 0.6 is 0 Å². The highest BCUT2D eigenvalue weighted by Crippen LogP contribution is 2.40. The molecule has 2 amide bonds. The van der Waals surface area contributed by atoms with Crippen LogP contribution in [-0.4, -0.2) is 58.3 Å². The van der Waals surface area contributed by atoms with E-state index in [1.54, 1.807) is 0 Å². The Labute approximate surface area is 159 Å². The number of aromatic amines is 1. The third kappa shape index (κ3) is 3.45. The quantitative estimate of drug-likeness (QED) is 0.905. The van der Waals surface area contributed by atoms with Crippen molar-refractivity contribution in [3.63, 3.8) is 0 Å². The lowest BCUT2D eigenvalue weighted by Gasteiger charge is -2.38. The molecule has 27 heavy (non-hydrogen) atoms. The number of carbonyl (C=O) groups excluding carboxylic acids is 2. The Morgan fingerprint density at radius 2 is 1.93 bits per heavy atom. The molecule has 0 unspecified atom stereocenters. The number of hydrogen-bond acceptors (Lipinski definition) is 3. The van der Waals surface area contributed by atoms with Gasteiger partial charge in [-0.25, -0.2) is 4.98 Å². The Morgan fingerprint density at radius 1 is 1.22 bits per heavy atom. The minimum absolute atomic E-state index is 0.0943. The van der Waals surface area contributed by atoms with E-state index in [2.05, 4.69) is 35.9 Å². The number of piperidine rings is 1. The zero-order valence-corrected chi connectivity index (χ0v) is 16.5. The summed E-state index contributed by atoms with van der Waals surface area (Å²) in [5, 5.41) is 0. The molecule has 1 N–H and O–H groups in total. The largest absolute Gasteiger partial charge is 0.345 e. The molecule has 2 aromatic rings. The van der Waals surface area contributed by atoms with Crippen LogP contribution in [0.4, 0.5) is 0 Å². The monoisotopic (exact) mass is 368 g/mol. The van der Waals surface area contributed by atoms with Gasteiger partial charge in [0.05, 0.1) is 11.0 Å². The molecule has 1 aromatic heterocycles. The van der Waals surface area contributed by atoms with E-state index in [1.165, 1.54) is 11.1 Å². The molecule has 2 aliphatic heterocycles. The smallest absolute Gasteiger partial charge is 0.223 e. The van der Waals surface area contributed by atoms with Crippen LogP contribution in [0.3, 0.4) is 0 Å². The first-order valence-corrected chi connectivity index (χ1v) is 9.83. The summed E-state index contributed by atoms with van der Waals surface area (Å²) in [5.41, 5.74) is 4.57. The average molecular weight is 368 g/mol. The maximum absolute atomic E-state index is 12.6. The maximum atomic E-state index is 12.6. The van der Waals surface area contributed by atoms with E-state index in [9.17, 15) is 9.59 Å². The van der Waals surface area contributed by atoms with Crippen LogP contribution in [0, 0.1) is 19.3 Å². The van der Waals surface area contributed by atoms with Crippen molar-refractivity contribution >= 4 is 22.8 Å². The van der Waals surface area contributed by atoms with Crippen LogP contribution in [0.1, 0.15) is 42.6 Å². The fraction of sp³-hybridized carbons (Fsp3) is 0.571. The summed E-state index contributed by atoms with van der Waals surface area (Å²) in [7, 11) is 1.88. The molecule has 6 nitrogen and oxygen atoms in total. The van der Waals surface area contributed by atoms with Crippen molar-refractivity contribution in [1.82, 2.24) is 19.8 Å². The highest BCUT2D eigenvalue weighted by atomic mass is 16.2. The van der Waals surface area contributed by atoms with Crippen LogP contribution in [-0.2, 0) is 16.0 Å². The molecule has 2 aliphatic rings. The summed E-state index contributed by atoms with van der Waals surface area (Å²) in [6, 6.07) is 4.21. The number of imidazole rings is 1. The molecule has 4 rings (SSSR count). The molecular weight excluding hydrogens is 340 g/mol. The van der Waals surface area contributed by atoms with Crippen LogP contribution < -0.4 is 0 Å². The predicted molar refractivity (Wildman–Crippen MR) is 104 cm³/mol. The number of hydrogen-bond donors (Lipinski definition) is 1. The van der Waals surface area contributed by atoms with Gasteiger partial charge in [0.1, 0.15) is 5.82 Å². The summed E-state index contributed by atoms with van der Waals surface area (Å²) in [4.78, 5) is 36.3. The van der Waals surface area contributed by atoms with Crippen LogP contribution in [0.5, 0.6) is 0 Å². The molecule has 144 valence electrons. The van der Waals surface area contributed by atoms with Crippen LogP contribution in [0.15, 0.2) is 12.1 Å². The van der Waals surface area contributed by atoms with Crippen molar-refractivity contribution in [3.05, 3.63) is 29.1 Å². The number of benzene rings is 1. The molecule has 6 heteroatoms. The van der Waals surface area contributed by atoms with Gasteiger partial charge in [-0.3, -0.25) is 9.59 Å². The number of rotatable bonds is 3. The maximum Gasteiger partial charge on any atom is 0.223 e. The third-order valence-electron chi connectivity index (χ3n) is 6.42. The Morgan fingerprint density at radius 3 is 2.59 bits per heavy atom. The third-order valence-corrected chi connectivity index (χ3v) is 6.42. The van der Waals surface area contributed by atoms with E-state index in [0.29, 0.717) is 19.3 Å². The number of aromatic nitrogens is 2. The molecular formula is C21H28N4O2. The summed E-state index contributed by atoms with van der Waals surface area (Å²) in [5.74, 6) is 1.31. The molecule has 0 aliphatic carbocycles. The standard InChI is InChI=1S/C21H28N4O2/c1-14-10-16-17(11-15(14)2)23-18(22-16)4-5-19(26)25-8-6-21(7-9-25)12-20(27)24(3)13-21/h10-11H,4-9,12-13H2,1-3H3,(H,22,23). The lowest BCUT2D eigenvalue weighted by atomic mass is 9.77. The van der Waals surface area contributed by atoms with Crippen LogP contribution in [0.2, 0.25) is 0 Å². The number of nitrogens with one attached hydrogen (secondary N) is 1. The van der Waals surface area contributed by atoms with Gasteiger partial charge in [-0.15, -0.1) is 0 Å². The van der Waals surface area contributed by atoms with Gasteiger partial charge in [0.2, 0.25) is 11.8 Å². The number of fused-ring (bicyclic) bond motifs is 1. The summed E-state index contributed by atoms with van der Waals surface area (Å²) in [6.07, 6.45) is 3.61. The van der Waals surface area contributed by atoms with E-state index in [1.807, 2.05) is 16.8 Å². The lowest BCUT2D eigenvalue weighted by molar-refractivity contribution is -0.133. The minimum atomic E-state index is 0.0943. The number of likely N-dealkylation sites (tertiary alicyclic amines) is 2. The van der Waals surface area contributed by atoms with Gasteiger partial charge in [-0.05, 0) is 49.9 Å². The van der Waals surface area contributed by atoms with Gasteiger partial charge in [0, 0.05) is 51.4 Å². The fourth-order valence-corrected chi connectivity index (χ4v) is 4.49.